The van der Waals surface area contributed by atoms with Crippen molar-refractivity contribution < 1.29 is 9.18 Å². The van der Waals surface area contributed by atoms with Crippen molar-refractivity contribution >= 4 is 35.8 Å². The summed E-state index contributed by atoms with van der Waals surface area (Å²) in [5.41, 5.74) is 1.95. The van der Waals surface area contributed by atoms with Gasteiger partial charge < -0.3 is 16.0 Å². The Balaban J connectivity index is 0.00000450. The van der Waals surface area contributed by atoms with Crippen LogP contribution in [0.3, 0.4) is 0 Å². The van der Waals surface area contributed by atoms with Gasteiger partial charge in [0.25, 0.3) is 5.91 Å². The van der Waals surface area contributed by atoms with E-state index < -0.39 is 0 Å². The second-order valence-corrected chi connectivity index (χ2v) is 7.87. The molecule has 0 aromatic heterocycles. The SMILES string of the molecule is CCNC(=NCc1cccc(C(=O)NC(C)(C)C)c1)NCCc1ccccc1F.I. The smallest absolute Gasteiger partial charge is 0.251 e. The van der Waals surface area contributed by atoms with Gasteiger partial charge in [-0.2, -0.15) is 0 Å². The van der Waals surface area contributed by atoms with Gasteiger partial charge in [-0.05, 0) is 63.4 Å². The summed E-state index contributed by atoms with van der Waals surface area (Å²) in [6.07, 6.45) is 0.569. The highest BCUT2D eigenvalue weighted by Gasteiger charge is 2.15. The van der Waals surface area contributed by atoms with Crippen LogP contribution >= 0.6 is 24.0 Å². The molecule has 0 atom stereocenters. The molecular weight excluding hydrogens is 494 g/mol. The number of guanidine groups is 1. The quantitative estimate of drug-likeness (QED) is 0.287. The average molecular weight is 526 g/mol. The Morgan fingerprint density at radius 3 is 2.47 bits per heavy atom. The van der Waals surface area contributed by atoms with Gasteiger partial charge in [0.2, 0.25) is 0 Å². The number of nitrogens with zero attached hydrogens (tertiary/aromatic N) is 1. The third-order valence-corrected chi connectivity index (χ3v) is 4.09. The lowest BCUT2D eigenvalue weighted by molar-refractivity contribution is 0.0919. The molecule has 0 fully saturated rings. The van der Waals surface area contributed by atoms with Crippen LogP contribution in [-0.4, -0.2) is 30.5 Å². The zero-order chi connectivity index (χ0) is 21.3. The van der Waals surface area contributed by atoms with Crippen LogP contribution in [0.1, 0.15) is 49.2 Å². The number of hydrogen-bond acceptors (Lipinski definition) is 2. The number of benzene rings is 2. The first-order valence-corrected chi connectivity index (χ1v) is 9.95. The molecule has 0 saturated carbocycles. The summed E-state index contributed by atoms with van der Waals surface area (Å²) in [5, 5.41) is 9.38. The highest BCUT2D eigenvalue weighted by Crippen LogP contribution is 2.09. The number of aliphatic imine (C=N–C) groups is 1. The minimum Gasteiger partial charge on any atom is -0.357 e. The number of nitrogens with one attached hydrogen (secondary N) is 3. The van der Waals surface area contributed by atoms with Crippen LogP contribution < -0.4 is 16.0 Å². The molecule has 0 aliphatic carbocycles. The van der Waals surface area contributed by atoms with Gasteiger partial charge >= 0.3 is 0 Å². The van der Waals surface area contributed by atoms with Gasteiger partial charge in [-0.1, -0.05) is 30.3 Å². The molecule has 164 valence electrons. The van der Waals surface area contributed by atoms with E-state index in [4.69, 9.17) is 0 Å². The maximum Gasteiger partial charge on any atom is 0.251 e. The number of rotatable bonds is 7. The third kappa shape index (κ3) is 9.11. The molecule has 0 spiro atoms. The number of halogens is 2. The van der Waals surface area contributed by atoms with Crippen LogP contribution in [0.5, 0.6) is 0 Å². The first kappa shape index (κ1) is 25.9. The highest BCUT2D eigenvalue weighted by atomic mass is 127. The minimum atomic E-state index is -0.286. The molecule has 7 heteroatoms. The fraction of sp³-hybridized carbons (Fsp3) is 0.391. The monoisotopic (exact) mass is 526 g/mol. The molecule has 0 radical (unpaired) electrons. The van der Waals surface area contributed by atoms with Gasteiger partial charge in [-0.15, -0.1) is 24.0 Å². The van der Waals surface area contributed by atoms with E-state index in [-0.39, 0.29) is 41.2 Å². The van der Waals surface area contributed by atoms with E-state index in [9.17, 15) is 9.18 Å². The molecule has 5 nitrogen and oxygen atoms in total. The van der Waals surface area contributed by atoms with E-state index in [1.807, 2.05) is 52.0 Å². The van der Waals surface area contributed by atoms with Crippen molar-refractivity contribution in [2.75, 3.05) is 13.1 Å². The molecule has 1 amide bonds. The van der Waals surface area contributed by atoms with Crippen molar-refractivity contribution in [1.82, 2.24) is 16.0 Å². The van der Waals surface area contributed by atoms with Crippen LogP contribution in [-0.2, 0) is 13.0 Å². The summed E-state index contributed by atoms with van der Waals surface area (Å²) in [6.45, 7) is 9.58. The normalized spacial score (nSPS) is 11.4. The predicted molar refractivity (Wildman–Crippen MR) is 132 cm³/mol. The number of carbonyl (C=O) groups excluding carboxylic acids is 1. The molecule has 0 unspecified atom stereocenters. The second kappa shape index (κ2) is 12.5. The Kier molecular flexibility index (Phi) is 10.8. The largest absolute Gasteiger partial charge is 0.357 e. The minimum absolute atomic E-state index is 0. The standard InChI is InChI=1S/C23H31FN4O.HI/c1-5-25-22(26-14-13-18-10-6-7-12-20(18)24)27-16-17-9-8-11-19(15-17)21(29)28-23(2,3)4;/h6-12,15H,5,13-14,16H2,1-4H3,(H,28,29)(H2,25,26,27);1H. The van der Waals surface area contributed by atoms with Crippen LogP contribution in [0.4, 0.5) is 4.39 Å². The fourth-order valence-electron chi connectivity index (χ4n) is 2.75. The van der Waals surface area contributed by atoms with Crippen LogP contribution in [0.2, 0.25) is 0 Å². The van der Waals surface area contributed by atoms with Gasteiger partial charge in [0.1, 0.15) is 5.82 Å². The molecule has 0 heterocycles. The van der Waals surface area contributed by atoms with Crippen molar-refractivity contribution in [1.29, 1.82) is 0 Å². The first-order valence-electron chi connectivity index (χ1n) is 9.95. The zero-order valence-electron chi connectivity index (χ0n) is 18.1. The maximum absolute atomic E-state index is 13.7. The summed E-state index contributed by atoms with van der Waals surface area (Å²) in [5.74, 6) is 0.369. The van der Waals surface area contributed by atoms with E-state index in [0.717, 1.165) is 12.1 Å². The molecule has 0 aliphatic rings. The number of amides is 1. The van der Waals surface area contributed by atoms with E-state index in [1.165, 1.54) is 6.07 Å². The molecule has 3 N–H and O–H groups in total. The maximum atomic E-state index is 13.7. The molecule has 2 aromatic rings. The van der Waals surface area contributed by atoms with E-state index in [1.54, 1.807) is 18.2 Å². The lowest BCUT2D eigenvalue weighted by atomic mass is 10.1. The van der Waals surface area contributed by atoms with Gasteiger partial charge in [0, 0.05) is 24.2 Å². The van der Waals surface area contributed by atoms with Gasteiger partial charge in [-0.3, -0.25) is 4.79 Å². The third-order valence-electron chi connectivity index (χ3n) is 4.09. The Morgan fingerprint density at radius 1 is 1.07 bits per heavy atom. The van der Waals surface area contributed by atoms with Crippen molar-refractivity contribution in [3.63, 3.8) is 0 Å². The highest BCUT2D eigenvalue weighted by molar-refractivity contribution is 14.0. The van der Waals surface area contributed by atoms with E-state index >= 15 is 0 Å². The second-order valence-electron chi connectivity index (χ2n) is 7.87. The first-order chi connectivity index (χ1) is 13.8. The number of hydrogen-bond donors (Lipinski definition) is 3. The van der Waals surface area contributed by atoms with Crippen LogP contribution in [0.15, 0.2) is 53.5 Å². The van der Waals surface area contributed by atoms with Gasteiger partial charge in [0.15, 0.2) is 5.96 Å². The Bertz CT molecular complexity index is 849. The summed E-state index contributed by atoms with van der Waals surface area (Å²) < 4.78 is 13.7. The van der Waals surface area contributed by atoms with Crippen LogP contribution in [0, 0.1) is 5.82 Å². The number of carbonyl (C=O) groups is 1. The fourth-order valence-corrected chi connectivity index (χ4v) is 2.75. The predicted octanol–water partition coefficient (Wildman–Crippen LogP) is 4.27. The van der Waals surface area contributed by atoms with Crippen LogP contribution in [0.25, 0.3) is 0 Å². The molecule has 30 heavy (non-hydrogen) atoms. The Labute approximate surface area is 196 Å². The molecular formula is C23H32FIN4O. The summed E-state index contributed by atoms with van der Waals surface area (Å²) in [4.78, 5) is 16.9. The molecule has 2 rings (SSSR count). The van der Waals surface area contributed by atoms with E-state index in [0.29, 0.717) is 36.6 Å². The molecule has 0 saturated heterocycles. The molecule has 0 aliphatic heterocycles. The van der Waals surface area contributed by atoms with E-state index in [2.05, 4.69) is 20.9 Å². The Morgan fingerprint density at radius 2 is 1.80 bits per heavy atom. The van der Waals surface area contributed by atoms with Crippen molar-refractivity contribution in [3.05, 3.63) is 71.0 Å². The molecule has 0 bridgehead atoms. The van der Waals surface area contributed by atoms with Gasteiger partial charge in [0.05, 0.1) is 6.54 Å². The average Bonchev–Trinajstić information content (AvgIpc) is 2.66. The van der Waals surface area contributed by atoms with Crippen molar-refractivity contribution in [2.24, 2.45) is 4.99 Å². The lowest BCUT2D eigenvalue weighted by Crippen LogP contribution is -2.40. The van der Waals surface area contributed by atoms with Gasteiger partial charge in [-0.25, -0.2) is 9.38 Å². The van der Waals surface area contributed by atoms with Crippen molar-refractivity contribution in [3.8, 4) is 0 Å². The lowest BCUT2D eigenvalue weighted by Gasteiger charge is -2.20. The van der Waals surface area contributed by atoms with Crippen molar-refractivity contribution in [2.45, 2.75) is 46.2 Å². The molecule has 2 aromatic carbocycles. The topological polar surface area (TPSA) is 65.5 Å². The zero-order valence-corrected chi connectivity index (χ0v) is 20.4. The Hall–Kier alpha value is -2.16. The summed E-state index contributed by atoms with van der Waals surface area (Å²) in [6, 6.07) is 14.2. The summed E-state index contributed by atoms with van der Waals surface area (Å²) >= 11 is 0. The summed E-state index contributed by atoms with van der Waals surface area (Å²) in [7, 11) is 0.